The summed E-state index contributed by atoms with van der Waals surface area (Å²) in [7, 11) is 3.76. The van der Waals surface area contributed by atoms with Crippen LogP contribution in [0, 0.1) is 0 Å². The Bertz CT molecular complexity index is 508. The van der Waals surface area contributed by atoms with E-state index >= 15 is 0 Å². The lowest BCUT2D eigenvalue weighted by Crippen LogP contribution is -2.39. The SMILES string of the molecule is CCNC(=NCC(C)(C)SC)N(C)Cc1csc(C(C)OC)n1.I. The predicted molar refractivity (Wildman–Crippen MR) is 118 cm³/mol. The van der Waals surface area contributed by atoms with E-state index in [9.17, 15) is 0 Å². The zero-order valence-electron chi connectivity index (χ0n) is 15.8. The van der Waals surface area contributed by atoms with Crippen molar-refractivity contribution in [2.24, 2.45) is 4.99 Å². The summed E-state index contributed by atoms with van der Waals surface area (Å²) >= 11 is 3.48. The number of hydrogen-bond acceptors (Lipinski definition) is 5. The largest absolute Gasteiger partial charge is 0.375 e. The Morgan fingerprint density at radius 3 is 2.75 bits per heavy atom. The van der Waals surface area contributed by atoms with Crippen molar-refractivity contribution in [1.29, 1.82) is 0 Å². The van der Waals surface area contributed by atoms with Crippen LogP contribution in [0.25, 0.3) is 0 Å². The maximum atomic E-state index is 5.32. The van der Waals surface area contributed by atoms with Gasteiger partial charge in [0.25, 0.3) is 0 Å². The molecule has 1 rings (SSSR count). The Kier molecular flexibility index (Phi) is 11.5. The van der Waals surface area contributed by atoms with Crippen molar-refractivity contribution in [3.05, 3.63) is 16.1 Å². The van der Waals surface area contributed by atoms with Gasteiger partial charge in [0.15, 0.2) is 5.96 Å². The van der Waals surface area contributed by atoms with Gasteiger partial charge in [-0.25, -0.2) is 4.98 Å². The van der Waals surface area contributed by atoms with Crippen molar-refractivity contribution in [3.63, 3.8) is 0 Å². The zero-order valence-corrected chi connectivity index (χ0v) is 19.7. The Balaban J connectivity index is 0.00000529. The van der Waals surface area contributed by atoms with Gasteiger partial charge in [-0.2, -0.15) is 11.8 Å². The minimum atomic E-state index is 0. The standard InChI is InChI=1S/C16H30N4OS2.HI/c1-8-17-15(18-11-16(3,4)22-7)20(5)9-13-10-23-14(19-13)12(2)21-6;/h10,12H,8-9,11H2,1-7H3,(H,17,18);1H. The van der Waals surface area contributed by atoms with Gasteiger partial charge < -0.3 is 15.0 Å². The number of aromatic nitrogens is 1. The van der Waals surface area contributed by atoms with Crippen LogP contribution in [-0.2, 0) is 11.3 Å². The molecule has 0 aliphatic rings. The molecule has 1 unspecified atom stereocenters. The van der Waals surface area contributed by atoms with E-state index in [1.165, 1.54) is 0 Å². The van der Waals surface area contributed by atoms with Crippen molar-refractivity contribution < 1.29 is 4.74 Å². The van der Waals surface area contributed by atoms with Gasteiger partial charge in [0, 0.05) is 30.8 Å². The van der Waals surface area contributed by atoms with Crippen LogP contribution in [0.15, 0.2) is 10.4 Å². The van der Waals surface area contributed by atoms with Crippen LogP contribution >= 0.6 is 47.1 Å². The fourth-order valence-electron chi connectivity index (χ4n) is 1.80. The molecule has 0 amide bonds. The van der Waals surface area contributed by atoms with Gasteiger partial charge in [0.2, 0.25) is 0 Å². The molecule has 0 aliphatic heterocycles. The van der Waals surface area contributed by atoms with E-state index in [0.717, 1.165) is 36.3 Å². The summed E-state index contributed by atoms with van der Waals surface area (Å²) in [6.45, 7) is 10.9. The van der Waals surface area contributed by atoms with Gasteiger partial charge >= 0.3 is 0 Å². The summed E-state index contributed by atoms with van der Waals surface area (Å²) in [4.78, 5) is 11.5. The third kappa shape index (κ3) is 7.88. The molecule has 1 aromatic rings. The van der Waals surface area contributed by atoms with Gasteiger partial charge in [0.05, 0.1) is 18.8 Å². The van der Waals surface area contributed by atoms with Gasteiger partial charge in [0.1, 0.15) is 11.1 Å². The molecule has 0 spiro atoms. The summed E-state index contributed by atoms with van der Waals surface area (Å²) < 4.78 is 5.47. The van der Waals surface area contributed by atoms with Crippen molar-refractivity contribution >= 4 is 53.0 Å². The minimum absolute atomic E-state index is 0. The highest BCUT2D eigenvalue weighted by molar-refractivity contribution is 14.0. The third-order valence-electron chi connectivity index (χ3n) is 3.53. The summed E-state index contributed by atoms with van der Waals surface area (Å²) in [5, 5.41) is 6.47. The molecule has 0 bridgehead atoms. The van der Waals surface area contributed by atoms with Crippen LogP contribution in [0.3, 0.4) is 0 Å². The minimum Gasteiger partial charge on any atom is -0.375 e. The number of nitrogens with zero attached hydrogens (tertiary/aromatic N) is 3. The van der Waals surface area contributed by atoms with Gasteiger partial charge in [-0.1, -0.05) is 0 Å². The Labute approximate surface area is 172 Å². The summed E-state index contributed by atoms with van der Waals surface area (Å²) in [6, 6.07) is 0. The number of hydrogen-bond donors (Lipinski definition) is 1. The molecular formula is C16H31IN4OS2. The summed E-state index contributed by atoms with van der Waals surface area (Å²) in [5.74, 6) is 0.920. The van der Waals surface area contributed by atoms with E-state index in [2.05, 4.69) is 47.6 Å². The zero-order chi connectivity index (χ0) is 17.5. The second kappa shape index (κ2) is 11.5. The molecule has 0 fully saturated rings. The molecule has 0 saturated heterocycles. The maximum absolute atomic E-state index is 5.32. The number of thiazole rings is 1. The van der Waals surface area contributed by atoms with E-state index in [0.29, 0.717) is 0 Å². The highest BCUT2D eigenvalue weighted by Crippen LogP contribution is 2.22. The van der Waals surface area contributed by atoms with Crippen molar-refractivity contribution in [1.82, 2.24) is 15.2 Å². The number of methoxy groups -OCH3 is 1. The molecule has 140 valence electrons. The molecule has 0 radical (unpaired) electrons. The van der Waals surface area contributed by atoms with E-state index in [1.807, 2.05) is 25.7 Å². The first-order chi connectivity index (χ1) is 10.8. The molecule has 1 atom stereocenters. The van der Waals surface area contributed by atoms with Gasteiger partial charge in [-0.15, -0.1) is 35.3 Å². The highest BCUT2D eigenvalue weighted by atomic mass is 127. The first kappa shape index (κ1) is 23.9. The normalized spacial score (nSPS) is 13.4. The summed E-state index contributed by atoms with van der Waals surface area (Å²) in [6.07, 6.45) is 2.17. The molecular weight excluding hydrogens is 455 g/mol. The van der Waals surface area contributed by atoms with Crippen LogP contribution in [0.4, 0.5) is 0 Å². The predicted octanol–water partition coefficient (Wildman–Crippen LogP) is 4.01. The van der Waals surface area contributed by atoms with E-state index in [4.69, 9.17) is 9.73 Å². The number of ether oxygens (including phenoxy) is 1. The van der Waals surface area contributed by atoms with Crippen molar-refractivity contribution in [2.75, 3.05) is 33.5 Å². The monoisotopic (exact) mass is 486 g/mol. The van der Waals surface area contributed by atoms with Crippen molar-refractivity contribution in [2.45, 2.75) is 45.1 Å². The third-order valence-corrected chi connectivity index (χ3v) is 5.82. The van der Waals surface area contributed by atoms with Crippen LogP contribution in [0.5, 0.6) is 0 Å². The van der Waals surface area contributed by atoms with E-state index in [1.54, 1.807) is 18.4 Å². The van der Waals surface area contributed by atoms with Crippen LogP contribution < -0.4 is 5.32 Å². The first-order valence-corrected chi connectivity index (χ1v) is 9.95. The fraction of sp³-hybridized carbons (Fsp3) is 0.750. The lowest BCUT2D eigenvalue weighted by atomic mass is 10.2. The first-order valence-electron chi connectivity index (χ1n) is 7.84. The second-order valence-corrected chi connectivity index (χ2v) is 8.45. The lowest BCUT2D eigenvalue weighted by molar-refractivity contribution is 0.119. The summed E-state index contributed by atoms with van der Waals surface area (Å²) in [5.41, 5.74) is 1.05. The fourth-order valence-corrected chi connectivity index (χ4v) is 2.84. The number of nitrogens with one attached hydrogen (secondary N) is 1. The average molecular weight is 486 g/mol. The van der Waals surface area contributed by atoms with E-state index < -0.39 is 0 Å². The molecule has 0 aromatic carbocycles. The Morgan fingerprint density at radius 2 is 2.21 bits per heavy atom. The molecule has 0 aliphatic carbocycles. The molecule has 1 heterocycles. The number of guanidine groups is 1. The van der Waals surface area contributed by atoms with Crippen LogP contribution in [-0.4, -0.2) is 54.1 Å². The average Bonchev–Trinajstić information content (AvgIpc) is 2.99. The number of halogens is 1. The maximum Gasteiger partial charge on any atom is 0.194 e. The van der Waals surface area contributed by atoms with E-state index in [-0.39, 0.29) is 34.8 Å². The Hall–Kier alpha value is -0.0600. The molecule has 1 aromatic heterocycles. The molecule has 24 heavy (non-hydrogen) atoms. The molecule has 8 heteroatoms. The van der Waals surface area contributed by atoms with Crippen molar-refractivity contribution in [3.8, 4) is 0 Å². The number of aliphatic imine (C=N–C) groups is 1. The second-order valence-electron chi connectivity index (χ2n) is 6.05. The molecule has 5 nitrogen and oxygen atoms in total. The Morgan fingerprint density at radius 1 is 1.54 bits per heavy atom. The lowest BCUT2D eigenvalue weighted by Gasteiger charge is -2.24. The number of thioether (sulfide) groups is 1. The highest BCUT2D eigenvalue weighted by Gasteiger charge is 2.17. The van der Waals surface area contributed by atoms with Crippen LogP contribution in [0.2, 0.25) is 0 Å². The topological polar surface area (TPSA) is 49.8 Å². The molecule has 0 saturated carbocycles. The number of rotatable bonds is 8. The van der Waals surface area contributed by atoms with Gasteiger partial charge in [-0.3, -0.25) is 4.99 Å². The smallest absolute Gasteiger partial charge is 0.194 e. The quantitative estimate of drug-likeness (QED) is 0.342. The van der Waals surface area contributed by atoms with Crippen LogP contribution in [0.1, 0.15) is 44.5 Å². The molecule has 1 N–H and O–H groups in total. The van der Waals surface area contributed by atoms with Gasteiger partial charge in [-0.05, 0) is 34.0 Å².